The van der Waals surface area contributed by atoms with Crippen molar-refractivity contribution in [1.29, 1.82) is 0 Å². The Morgan fingerprint density at radius 1 is 1.06 bits per heavy atom. The topological polar surface area (TPSA) is 77.8 Å². The summed E-state index contributed by atoms with van der Waals surface area (Å²) < 4.78 is 17.1. The van der Waals surface area contributed by atoms with Crippen LogP contribution in [0.3, 0.4) is 0 Å². The minimum Gasteiger partial charge on any atom is -0.497 e. The number of aryl methyl sites for hydroxylation is 2. The average molecular weight is 464 g/mol. The number of methoxy groups -OCH3 is 1. The van der Waals surface area contributed by atoms with Crippen LogP contribution in [0.2, 0.25) is 5.02 Å². The maximum Gasteiger partial charge on any atom is 0.262 e. The highest BCUT2D eigenvalue weighted by molar-refractivity contribution is 6.33. The maximum atomic E-state index is 13.4. The molecule has 0 aliphatic carbocycles. The second kappa shape index (κ2) is 9.38. The zero-order valence-corrected chi connectivity index (χ0v) is 19.2. The number of hydrogen-bond acceptors (Lipinski definition) is 5. The molecule has 1 heterocycles. The minimum absolute atomic E-state index is 0.0352. The Morgan fingerprint density at radius 3 is 2.48 bits per heavy atom. The van der Waals surface area contributed by atoms with Crippen LogP contribution in [0.25, 0.3) is 22.3 Å². The zero-order valence-electron chi connectivity index (χ0n) is 18.4. The molecule has 0 fully saturated rings. The summed E-state index contributed by atoms with van der Waals surface area (Å²) in [7, 11) is 1.57. The van der Waals surface area contributed by atoms with Gasteiger partial charge in [-0.15, -0.1) is 0 Å². The summed E-state index contributed by atoms with van der Waals surface area (Å²) >= 11 is 6.10. The molecule has 0 spiro atoms. The number of amides is 1. The molecule has 0 saturated carbocycles. The molecule has 0 aliphatic heterocycles. The lowest BCUT2D eigenvalue weighted by Crippen LogP contribution is -2.23. The molecule has 7 heteroatoms. The second-order valence-corrected chi connectivity index (χ2v) is 8.00. The van der Waals surface area contributed by atoms with Gasteiger partial charge >= 0.3 is 0 Å². The Bertz CT molecular complexity index is 1390. The summed E-state index contributed by atoms with van der Waals surface area (Å²) in [6.45, 7) is 3.39. The molecule has 0 unspecified atom stereocenters. The van der Waals surface area contributed by atoms with Crippen LogP contribution in [0.4, 0.5) is 5.69 Å². The molecule has 33 heavy (non-hydrogen) atoms. The van der Waals surface area contributed by atoms with Crippen LogP contribution in [0.5, 0.6) is 11.5 Å². The van der Waals surface area contributed by atoms with Crippen molar-refractivity contribution < 1.29 is 18.7 Å². The van der Waals surface area contributed by atoms with Crippen molar-refractivity contribution in [2.24, 2.45) is 0 Å². The van der Waals surface area contributed by atoms with Crippen LogP contribution in [0.15, 0.2) is 69.9 Å². The Morgan fingerprint density at radius 2 is 1.79 bits per heavy atom. The van der Waals surface area contributed by atoms with Crippen molar-refractivity contribution in [1.82, 2.24) is 0 Å². The molecule has 1 aromatic heterocycles. The molecular weight excluding hydrogens is 442 g/mol. The lowest BCUT2D eigenvalue weighted by molar-refractivity contribution is -0.118. The summed E-state index contributed by atoms with van der Waals surface area (Å²) in [5, 5.41) is 3.48. The standard InChI is InChI=1S/C26H22ClNO5/c1-15-12-16(2)24-19(13-15)23(30)26(25(33-24)17-8-10-18(31-3)11-9-17)32-14-22(29)28-21-7-5-4-6-20(21)27/h4-13H,14H2,1-3H3,(H,28,29). The first-order chi connectivity index (χ1) is 15.9. The normalized spacial score (nSPS) is 10.8. The molecule has 1 amide bonds. The highest BCUT2D eigenvalue weighted by atomic mass is 35.5. The van der Waals surface area contributed by atoms with Gasteiger partial charge in [-0.3, -0.25) is 9.59 Å². The van der Waals surface area contributed by atoms with Crippen LogP contribution >= 0.6 is 11.6 Å². The van der Waals surface area contributed by atoms with E-state index in [9.17, 15) is 9.59 Å². The number of anilines is 1. The summed E-state index contributed by atoms with van der Waals surface area (Å²) in [5.74, 6) is 0.415. The molecule has 6 nitrogen and oxygen atoms in total. The van der Waals surface area contributed by atoms with Crippen molar-refractivity contribution in [3.8, 4) is 22.8 Å². The van der Waals surface area contributed by atoms with Crippen molar-refractivity contribution >= 4 is 34.2 Å². The minimum atomic E-state index is -0.455. The molecule has 1 N–H and O–H groups in total. The van der Waals surface area contributed by atoms with Crippen LogP contribution < -0.4 is 20.2 Å². The molecule has 4 aromatic rings. The van der Waals surface area contributed by atoms with E-state index < -0.39 is 12.5 Å². The van der Waals surface area contributed by atoms with Crippen LogP contribution in [-0.2, 0) is 4.79 Å². The van der Waals surface area contributed by atoms with Gasteiger partial charge in [-0.05, 0) is 67.4 Å². The van der Waals surface area contributed by atoms with Gasteiger partial charge in [0.2, 0.25) is 11.2 Å². The molecule has 0 radical (unpaired) electrons. The highest BCUT2D eigenvalue weighted by Gasteiger charge is 2.20. The third-order valence-corrected chi connectivity index (χ3v) is 5.46. The number of ether oxygens (including phenoxy) is 2. The van der Waals surface area contributed by atoms with Crippen molar-refractivity contribution in [3.63, 3.8) is 0 Å². The van der Waals surface area contributed by atoms with Gasteiger partial charge < -0.3 is 19.2 Å². The van der Waals surface area contributed by atoms with Gasteiger partial charge in [0.05, 0.1) is 23.2 Å². The molecule has 4 rings (SSSR count). The van der Waals surface area contributed by atoms with Crippen LogP contribution in [0, 0.1) is 13.8 Å². The lowest BCUT2D eigenvalue weighted by Gasteiger charge is -2.14. The molecule has 0 atom stereocenters. The van der Waals surface area contributed by atoms with E-state index in [1.807, 2.05) is 19.9 Å². The number of benzene rings is 3. The Hall–Kier alpha value is -3.77. The number of rotatable bonds is 6. The molecule has 0 bridgehead atoms. The first kappa shape index (κ1) is 22.4. The van der Waals surface area contributed by atoms with Gasteiger partial charge in [-0.1, -0.05) is 29.8 Å². The van der Waals surface area contributed by atoms with E-state index >= 15 is 0 Å². The first-order valence-corrected chi connectivity index (χ1v) is 10.6. The van der Waals surface area contributed by atoms with E-state index in [0.717, 1.165) is 11.1 Å². The predicted octanol–water partition coefficient (Wildman–Crippen LogP) is 5.76. The Kier molecular flexibility index (Phi) is 6.38. The van der Waals surface area contributed by atoms with Crippen LogP contribution in [-0.4, -0.2) is 19.6 Å². The number of halogens is 1. The maximum absolute atomic E-state index is 13.4. The van der Waals surface area contributed by atoms with E-state index in [4.69, 9.17) is 25.5 Å². The average Bonchev–Trinajstić information content (AvgIpc) is 2.80. The number of nitrogens with one attached hydrogen (secondary N) is 1. The van der Waals surface area contributed by atoms with E-state index in [0.29, 0.717) is 33.0 Å². The molecule has 0 aliphatic rings. The van der Waals surface area contributed by atoms with Gasteiger partial charge in [-0.25, -0.2) is 0 Å². The van der Waals surface area contributed by atoms with E-state index in [1.54, 1.807) is 61.7 Å². The highest BCUT2D eigenvalue weighted by Crippen LogP contribution is 2.33. The van der Waals surface area contributed by atoms with E-state index in [1.165, 1.54) is 0 Å². The molecular formula is C26H22ClNO5. The lowest BCUT2D eigenvalue weighted by atomic mass is 10.1. The Labute approximate surface area is 195 Å². The third-order valence-electron chi connectivity index (χ3n) is 5.13. The second-order valence-electron chi connectivity index (χ2n) is 7.59. The fraction of sp³-hybridized carbons (Fsp3) is 0.154. The van der Waals surface area contributed by atoms with Crippen molar-refractivity contribution in [2.75, 3.05) is 19.0 Å². The summed E-state index contributed by atoms with van der Waals surface area (Å²) in [4.78, 5) is 25.9. The summed E-state index contributed by atoms with van der Waals surface area (Å²) in [6, 6.07) is 17.6. The first-order valence-electron chi connectivity index (χ1n) is 10.3. The zero-order chi connectivity index (χ0) is 23.5. The fourth-order valence-corrected chi connectivity index (χ4v) is 3.77. The van der Waals surface area contributed by atoms with Gasteiger partial charge in [0.1, 0.15) is 11.3 Å². The quantitative estimate of drug-likeness (QED) is 0.393. The number of fused-ring (bicyclic) bond motifs is 1. The Balaban J connectivity index is 1.74. The van der Waals surface area contributed by atoms with Crippen LogP contribution in [0.1, 0.15) is 11.1 Å². The van der Waals surface area contributed by atoms with E-state index in [2.05, 4.69) is 5.32 Å². The molecule has 168 valence electrons. The van der Waals surface area contributed by atoms with Crippen molar-refractivity contribution in [3.05, 3.63) is 87.0 Å². The number of para-hydroxylation sites is 1. The van der Waals surface area contributed by atoms with Gasteiger partial charge in [-0.2, -0.15) is 0 Å². The SMILES string of the molecule is COc1ccc(-c2oc3c(C)cc(C)cc3c(=O)c2OCC(=O)Nc2ccccc2Cl)cc1. The molecule has 3 aromatic carbocycles. The predicted molar refractivity (Wildman–Crippen MR) is 130 cm³/mol. The van der Waals surface area contributed by atoms with Gasteiger partial charge in [0, 0.05) is 5.56 Å². The number of carbonyl (C=O) groups excluding carboxylic acids is 1. The fourth-order valence-electron chi connectivity index (χ4n) is 3.58. The monoisotopic (exact) mass is 463 g/mol. The van der Waals surface area contributed by atoms with Gasteiger partial charge in [0.15, 0.2) is 12.4 Å². The smallest absolute Gasteiger partial charge is 0.262 e. The number of hydrogen-bond donors (Lipinski definition) is 1. The van der Waals surface area contributed by atoms with Crippen molar-refractivity contribution in [2.45, 2.75) is 13.8 Å². The van der Waals surface area contributed by atoms with Gasteiger partial charge in [0.25, 0.3) is 5.91 Å². The van der Waals surface area contributed by atoms with E-state index in [-0.39, 0.29) is 16.9 Å². The summed E-state index contributed by atoms with van der Waals surface area (Å²) in [6.07, 6.45) is 0. The molecule has 0 saturated heterocycles. The third kappa shape index (κ3) is 4.71. The number of carbonyl (C=O) groups is 1. The summed E-state index contributed by atoms with van der Waals surface area (Å²) in [5.41, 5.74) is 2.96. The largest absolute Gasteiger partial charge is 0.497 e.